The molecule has 0 spiro atoms. The van der Waals surface area contributed by atoms with Gasteiger partial charge in [0.25, 0.3) is 5.91 Å². The van der Waals surface area contributed by atoms with Crippen molar-refractivity contribution in [3.05, 3.63) is 83.8 Å². The van der Waals surface area contributed by atoms with Gasteiger partial charge in [-0.2, -0.15) is 0 Å². The number of nitrogens with one attached hydrogen (secondary N) is 1. The molecule has 0 aliphatic carbocycles. The quantitative estimate of drug-likeness (QED) is 0.285. The van der Waals surface area contributed by atoms with E-state index in [1.807, 2.05) is 0 Å². The summed E-state index contributed by atoms with van der Waals surface area (Å²) in [6.07, 6.45) is 3.08. The van der Waals surface area contributed by atoms with Crippen molar-refractivity contribution in [2.24, 2.45) is 0 Å². The lowest BCUT2D eigenvalue weighted by molar-refractivity contribution is -0.119. The van der Waals surface area contributed by atoms with Gasteiger partial charge < -0.3 is 23.6 Å². The Labute approximate surface area is 209 Å². The first-order valence-electron chi connectivity index (χ1n) is 10.7. The predicted molar refractivity (Wildman–Crippen MR) is 132 cm³/mol. The topological polar surface area (TPSA) is 117 Å². The van der Waals surface area contributed by atoms with Gasteiger partial charge in [-0.3, -0.25) is 4.79 Å². The number of nitrogens with zero attached hydrogens (tertiary/aromatic N) is 2. The molecule has 1 amide bonds. The molecule has 0 saturated heterocycles. The van der Waals surface area contributed by atoms with Crippen LogP contribution >= 0.6 is 11.6 Å². The van der Waals surface area contributed by atoms with E-state index >= 15 is 0 Å². The smallest absolute Gasteiger partial charge is 0.338 e. The van der Waals surface area contributed by atoms with E-state index in [9.17, 15) is 9.59 Å². The Bertz CT molecular complexity index is 1550. The van der Waals surface area contributed by atoms with Crippen molar-refractivity contribution in [1.29, 1.82) is 0 Å². The highest BCUT2D eigenvalue weighted by atomic mass is 35.5. The fraction of sp³-hybridized carbons (Fsp3) is 0.0769. The first kappa shape index (κ1) is 23.1. The third kappa shape index (κ3) is 4.77. The van der Waals surface area contributed by atoms with E-state index in [0.717, 1.165) is 0 Å². The van der Waals surface area contributed by atoms with Crippen molar-refractivity contribution < 1.29 is 27.9 Å². The number of carbonyl (C=O) groups excluding carboxylic acids is 2. The number of benzene rings is 2. The van der Waals surface area contributed by atoms with Crippen LogP contribution in [0.1, 0.15) is 10.4 Å². The van der Waals surface area contributed by atoms with Gasteiger partial charge in [0.15, 0.2) is 18.1 Å². The number of furan rings is 2. The molecule has 0 aliphatic rings. The van der Waals surface area contributed by atoms with Gasteiger partial charge in [-0.15, -0.1) is 0 Å². The molecule has 2 aromatic carbocycles. The molecule has 0 aliphatic heterocycles. The number of anilines is 1. The molecule has 180 valence electrons. The van der Waals surface area contributed by atoms with E-state index < -0.39 is 18.5 Å². The van der Waals surface area contributed by atoms with Gasteiger partial charge in [-0.05, 0) is 60.7 Å². The summed E-state index contributed by atoms with van der Waals surface area (Å²) >= 11 is 5.98. The Morgan fingerprint density at radius 2 is 1.61 bits per heavy atom. The van der Waals surface area contributed by atoms with E-state index in [0.29, 0.717) is 50.4 Å². The first-order chi connectivity index (χ1) is 17.5. The second-order valence-corrected chi connectivity index (χ2v) is 7.98. The number of hydrogen-bond acceptors (Lipinski definition) is 8. The number of fused-ring (bicyclic) bond motifs is 1. The zero-order valence-corrected chi connectivity index (χ0v) is 19.6. The number of carbonyl (C=O) groups is 2. The summed E-state index contributed by atoms with van der Waals surface area (Å²) in [6, 6.07) is 16.6. The second kappa shape index (κ2) is 9.93. The molecule has 5 aromatic rings. The molecule has 0 fully saturated rings. The molecule has 3 heterocycles. The highest BCUT2D eigenvalue weighted by Crippen LogP contribution is 2.32. The van der Waals surface area contributed by atoms with Crippen LogP contribution in [0.5, 0.6) is 5.75 Å². The maximum absolute atomic E-state index is 12.7. The number of hydrogen-bond donors (Lipinski definition) is 1. The third-order valence-electron chi connectivity index (χ3n) is 5.18. The molecule has 36 heavy (non-hydrogen) atoms. The van der Waals surface area contributed by atoms with Crippen molar-refractivity contribution in [1.82, 2.24) is 9.97 Å². The average Bonchev–Trinajstić information content (AvgIpc) is 3.61. The number of aromatic nitrogens is 2. The molecule has 3 aromatic heterocycles. The number of amides is 1. The van der Waals surface area contributed by atoms with Crippen molar-refractivity contribution in [2.75, 3.05) is 19.0 Å². The van der Waals surface area contributed by atoms with E-state index in [-0.39, 0.29) is 5.56 Å². The number of ether oxygens (including phenoxy) is 2. The van der Waals surface area contributed by atoms with Gasteiger partial charge in [-0.1, -0.05) is 11.6 Å². The van der Waals surface area contributed by atoms with Crippen LogP contribution in [0.2, 0.25) is 5.02 Å². The van der Waals surface area contributed by atoms with Gasteiger partial charge in [0.1, 0.15) is 17.1 Å². The van der Waals surface area contributed by atoms with Crippen molar-refractivity contribution in [3.63, 3.8) is 0 Å². The maximum atomic E-state index is 12.7. The Hall–Kier alpha value is -4.63. The molecule has 5 rings (SSSR count). The number of methoxy groups -OCH3 is 1. The monoisotopic (exact) mass is 503 g/mol. The minimum Gasteiger partial charge on any atom is -0.495 e. The molecule has 0 bridgehead atoms. The molecule has 10 heteroatoms. The Balaban J connectivity index is 1.36. The Kier molecular flexibility index (Phi) is 6.38. The number of esters is 1. The van der Waals surface area contributed by atoms with E-state index in [1.54, 1.807) is 60.9 Å². The fourth-order valence-corrected chi connectivity index (χ4v) is 3.70. The number of rotatable bonds is 7. The van der Waals surface area contributed by atoms with Crippen LogP contribution in [-0.4, -0.2) is 35.6 Å². The van der Waals surface area contributed by atoms with Crippen molar-refractivity contribution in [2.45, 2.75) is 0 Å². The minimum absolute atomic E-state index is 0.209. The van der Waals surface area contributed by atoms with Gasteiger partial charge in [0.2, 0.25) is 0 Å². The predicted octanol–water partition coefficient (Wildman–Crippen LogP) is 5.61. The highest BCUT2D eigenvalue weighted by Gasteiger charge is 2.19. The van der Waals surface area contributed by atoms with Crippen LogP contribution in [-0.2, 0) is 9.53 Å². The van der Waals surface area contributed by atoms with Gasteiger partial charge in [0.05, 0.1) is 41.9 Å². The largest absolute Gasteiger partial charge is 0.495 e. The SMILES string of the molecule is COc1ccc(Cl)cc1NC(=O)COC(=O)c1ccc2nc(-c3ccco3)c(-c3ccco3)nc2c1. The maximum Gasteiger partial charge on any atom is 0.338 e. The van der Waals surface area contributed by atoms with Gasteiger partial charge in [0, 0.05) is 5.02 Å². The van der Waals surface area contributed by atoms with E-state index in [2.05, 4.69) is 15.3 Å². The van der Waals surface area contributed by atoms with Gasteiger partial charge in [-0.25, -0.2) is 14.8 Å². The zero-order valence-electron chi connectivity index (χ0n) is 18.9. The molecular weight excluding hydrogens is 486 g/mol. The first-order valence-corrected chi connectivity index (χ1v) is 11.1. The van der Waals surface area contributed by atoms with E-state index in [1.165, 1.54) is 19.4 Å². The molecular formula is C26H18ClN3O6. The lowest BCUT2D eigenvalue weighted by Gasteiger charge is -2.11. The fourth-order valence-electron chi connectivity index (χ4n) is 3.53. The summed E-state index contributed by atoms with van der Waals surface area (Å²) in [4.78, 5) is 34.3. The Morgan fingerprint density at radius 3 is 2.25 bits per heavy atom. The van der Waals surface area contributed by atoms with Crippen LogP contribution < -0.4 is 10.1 Å². The van der Waals surface area contributed by atoms with Crippen LogP contribution in [0, 0.1) is 0 Å². The summed E-state index contributed by atoms with van der Waals surface area (Å²) in [5.74, 6) is 0.209. The second-order valence-electron chi connectivity index (χ2n) is 7.55. The van der Waals surface area contributed by atoms with Gasteiger partial charge >= 0.3 is 5.97 Å². The third-order valence-corrected chi connectivity index (χ3v) is 5.41. The number of halogens is 1. The normalized spacial score (nSPS) is 10.8. The summed E-state index contributed by atoms with van der Waals surface area (Å²) in [5.41, 5.74) is 2.53. The highest BCUT2D eigenvalue weighted by molar-refractivity contribution is 6.31. The molecule has 9 nitrogen and oxygen atoms in total. The minimum atomic E-state index is -0.693. The van der Waals surface area contributed by atoms with Crippen molar-refractivity contribution in [3.8, 4) is 28.7 Å². The van der Waals surface area contributed by atoms with Crippen LogP contribution in [0.15, 0.2) is 82.0 Å². The standard InChI is InChI=1S/C26H18ClN3O6/c1-33-20-9-7-16(27)13-19(20)28-23(31)14-36-26(32)15-6-8-17-18(12-15)30-25(22-5-3-11-35-22)24(29-17)21-4-2-10-34-21/h2-13H,14H2,1H3,(H,28,31). The summed E-state index contributed by atoms with van der Waals surface area (Å²) in [7, 11) is 1.47. The zero-order chi connectivity index (χ0) is 25.1. The Morgan fingerprint density at radius 1 is 0.917 bits per heavy atom. The lowest BCUT2D eigenvalue weighted by atomic mass is 10.1. The molecule has 1 N–H and O–H groups in total. The lowest BCUT2D eigenvalue weighted by Crippen LogP contribution is -2.21. The van der Waals surface area contributed by atoms with Crippen molar-refractivity contribution >= 4 is 40.2 Å². The molecule has 0 atom stereocenters. The average molecular weight is 504 g/mol. The molecule has 0 saturated carbocycles. The summed E-state index contributed by atoms with van der Waals surface area (Å²) in [5, 5.41) is 3.03. The van der Waals surface area contributed by atoms with Crippen LogP contribution in [0.3, 0.4) is 0 Å². The van der Waals surface area contributed by atoms with E-state index in [4.69, 9.17) is 29.9 Å². The summed E-state index contributed by atoms with van der Waals surface area (Å²) in [6.45, 7) is -0.507. The summed E-state index contributed by atoms with van der Waals surface area (Å²) < 4.78 is 21.4. The van der Waals surface area contributed by atoms with Crippen LogP contribution in [0.25, 0.3) is 33.9 Å². The molecule has 0 unspecified atom stereocenters. The van der Waals surface area contributed by atoms with Crippen LogP contribution in [0.4, 0.5) is 5.69 Å². The molecule has 0 radical (unpaired) electrons.